The highest BCUT2D eigenvalue weighted by Gasteiger charge is 2.34. The molecule has 0 saturated carbocycles. The normalized spacial score (nSPS) is 20.1. The van der Waals surface area contributed by atoms with E-state index in [9.17, 15) is 24.7 Å². The van der Waals surface area contributed by atoms with E-state index in [1.165, 1.54) is 29.5 Å². The summed E-state index contributed by atoms with van der Waals surface area (Å²) in [6.45, 7) is 4.87. The van der Waals surface area contributed by atoms with Gasteiger partial charge < -0.3 is 24.9 Å². The van der Waals surface area contributed by atoms with Crippen LogP contribution in [0.5, 0.6) is 0 Å². The van der Waals surface area contributed by atoms with E-state index in [2.05, 4.69) is 20.9 Å². The number of nitrogens with zero attached hydrogens (tertiary/aromatic N) is 7. The van der Waals surface area contributed by atoms with Crippen molar-refractivity contribution in [3.05, 3.63) is 64.2 Å². The first kappa shape index (κ1) is 30.4. The summed E-state index contributed by atoms with van der Waals surface area (Å²) >= 11 is 1.19. The summed E-state index contributed by atoms with van der Waals surface area (Å²) < 4.78 is 29.6. The largest absolute Gasteiger partial charge is 0.389 e. The summed E-state index contributed by atoms with van der Waals surface area (Å²) in [5.74, 6) is -0.891. The van der Waals surface area contributed by atoms with Gasteiger partial charge in [-0.15, -0.1) is 0 Å². The first-order valence-electron chi connectivity index (χ1n) is 15.3. The number of aliphatic hydroxyl groups is 2. The quantitative estimate of drug-likeness (QED) is 0.321. The molecule has 2 aromatic carbocycles. The van der Waals surface area contributed by atoms with E-state index in [1.807, 2.05) is 24.9 Å². The van der Waals surface area contributed by atoms with Gasteiger partial charge in [0.25, 0.3) is 0 Å². The molecular formula is C33H33F2N7O3S. The number of aliphatic hydroxyl groups excluding tert-OH is 2. The number of carbonyl (C=O) groups is 1. The predicted molar refractivity (Wildman–Crippen MR) is 171 cm³/mol. The maximum absolute atomic E-state index is 16.0. The number of fused-ring (bicyclic) bond motifs is 2. The lowest BCUT2D eigenvalue weighted by Gasteiger charge is -2.43. The van der Waals surface area contributed by atoms with Crippen molar-refractivity contribution in [2.45, 2.75) is 38.0 Å². The fourth-order valence-corrected chi connectivity index (χ4v) is 7.53. The van der Waals surface area contributed by atoms with Gasteiger partial charge in [0.1, 0.15) is 28.0 Å². The molecule has 2 aliphatic heterocycles. The topological polar surface area (TPSA) is 120 Å². The van der Waals surface area contributed by atoms with E-state index >= 15 is 4.39 Å². The van der Waals surface area contributed by atoms with Gasteiger partial charge >= 0.3 is 0 Å². The number of amides is 1. The molecule has 2 N–H and O–H groups in total. The van der Waals surface area contributed by atoms with E-state index in [4.69, 9.17) is 4.98 Å². The van der Waals surface area contributed by atoms with Crippen LogP contribution in [0, 0.1) is 23.0 Å². The molecule has 2 saturated heterocycles. The summed E-state index contributed by atoms with van der Waals surface area (Å²) in [4.78, 5) is 30.1. The van der Waals surface area contributed by atoms with Gasteiger partial charge in [-0.2, -0.15) is 5.26 Å². The Kier molecular flexibility index (Phi) is 7.84. The molecule has 10 nitrogen and oxygen atoms in total. The number of benzene rings is 2. The van der Waals surface area contributed by atoms with E-state index in [1.54, 1.807) is 17.0 Å². The molecule has 238 valence electrons. The number of nitriles is 1. The zero-order valence-electron chi connectivity index (χ0n) is 25.5. The average molecular weight is 646 g/mol. The molecule has 0 spiro atoms. The van der Waals surface area contributed by atoms with Gasteiger partial charge in [-0.1, -0.05) is 11.3 Å². The number of hydrogen-bond donors (Lipinski definition) is 2. The summed E-state index contributed by atoms with van der Waals surface area (Å²) in [5, 5.41) is 31.3. The molecule has 46 heavy (non-hydrogen) atoms. The lowest BCUT2D eigenvalue weighted by molar-refractivity contribution is -0.143. The maximum Gasteiger partial charge on any atom is 0.236 e. The molecule has 2 aromatic heterocycles. The van der Waals surface area contributed by atoms with Crippen LogP contribution in [-0.2, 0) is 11.2 Å². The van der Waals surface area contributed by atoms with Gasteiger partial charge in [0, 0.05) is 68.0 Å². The van der Waals surface area contributed by atoms with Crippen molar-refractivity contribution < 1.29 is 23.8 Å². The number of anilines is 3. The highest BCUT2D eigenvalue weighted by molar-refractivity contribution is 7.16. The highest BCUT2D eigenvalue weighted by atomic mass is 32.1. The zero-order valence-corrected chi connectivity index (χ0v) is 26.3. The molecule has 3 aliphatic rings. The zero-order chi connectivity index (χ0) is 32.3. The lowest BCUT2D eigenvalue weighted by atomic mass is 10.0. The molecule has 0 bridgehead atoms. The Balaban J connectivity index is 1.24. The molecule has 13 heteroatoms. The Morgan fingerprint density at radius 1 is 1.13 bits per heavy atom. The Morgan fingerprint density at radius 3 is 2.59 bits per heavy atom. The molecule has 1 aliphatic carbocycles. The van der Waals surface area contributed by atoms with Crippen LogP contribution in [0.15, 0.2) is 36.4 Å². The third kappa shape index (κ3) is 5.35. The van der Waals surface area contributed by atoms with Crippen LogP contribution < -0.4 is 9.80 Å². The predicted octanol–water partition coefficient (Wildman–Crippen LogP) is 3.97. The molecule has 1 amide bonds. The van der Waals surface area contributed by atoms with Crippen molar-refractivity contribution in [2.24, 2.45) is 0 Å². The second kappa shape index (κ2) is 11.9. The standard InChI is InChI=1S/C33H33F2N7O3S/c1-18-14-41(10-9-40(18)17-28(45)42-15-22(43)16-42)21-11-24-30(25(35)12-21)37-31-23(7-8-26(31)44)32(24)39(2)33-38-29(27(13-36)46-33)19-3-5-20(34)6-4-19/h3-6,11-12,18,22,26,43-44H,7-10,14-17H2,1-2H3/t18-,26?/m0/s1. The van der Waals surface area contributed by atoms with E-state index in [0.29, 0.717) is 89.3 Å². The number of piperazine rings is 1. The molecule has 7 rings (SSSR count). The van der Waals surface area contributed by atoms with Crippen LogP contribution in [0.25, 0.3) is 22.2 Å². The van der Waals surface area contributed by atoms with Gasteiger partial charge in [-0.05, 0) is 56.2 Å². The van der Waals surface area contributed by atoms with E-state index in [-0.39, 0.29) is 29.8 Å². The number of β-amino-alcohol motifs (C(OH)–C–C–N with tert-alkyl or cyclic N) is 1. The molecule has 2 fully saturated rings. The molecule has 0 radical (unpaired) electrons. The molecule has 4 aromatic rings. The van der Waals surface area contributed by atoms with Crippen molar-refractivity contribution in [3.63, 3.8) is 0 Å². The SMILES string of the molecule is C[C@H]1CN(c2cc(F)c3nc4c(c(N(C)c5nc(-c6ccc(F)cc6)c(C#N)s5)c3c2)CCC4O)CCN1CC(=O)N1CC(O)C1. The first-order chi connectivity index (χ1) is 22.1. The third-order valence-electron chi connectivity index (χ3n) is 9.25. The van der Waals surface area contributed by atoms with Gasteiger partial charge in [0.05, 0.1) is 30.1 Å². The third-order valence-corrected chi connectivity index (χ3v) is 10.3. The number of pyridine rings is 1. The number of rotatable bonds is 6. The number of hydrogen-bond acceptors (Lipinski definition) is 10. The number of likely N-dealkylation sites (tertiary alicyclic amines) is 1. The van der Waals surface area contributed by atoms with E-state index < -0.39 is 18.0 Å². The smallest absolute Gasteiger partial charge is 0.236 e. The van der Waals surface area contributed by atoms with Crippen LogP contribution in [0.3, 0.4) is 0 Å². The Hall–Kier alpha value is -4.22. The highest BCUT2D eigenvalue weighted by Crippen LogP contribution is 2.45. The van der Waals surface area contributed by atoms with Crippen LogP contribution in [-0.4, -0.2) is 94.4 Å². The van der Waals surface area contributed by atoms with Gasteiger partial charge in [-0.25, -0.2) is 18.7 Å². The van der Waals surface area contributed by atoms with Crippen molar-refractivity contribution in [2.75, 3.05) is 56.1 Å². The number of halogens is 2. The fraction of sp³-hybridized carbons (Fsp3) is 0.394. The number of aromatic nitrogens is 2. The number of carbonyl (C=O) groups excluding carboxylic acids is 1. The van der Waals surface area contributed by atoms with Gasteiger partial charge in [-0.3, -0.25) is 9.69 Å². The minimum absolute atomic E-state index is 0.00136. The average Bonchev–Trinajstić information content (AvgIpc) is 3.63. The molecule has 1 unspecified atom stereocenters. The minimum Gasteiger partial charge on any atom is -0.389 e. The molecule has 4 heterocycles. The summed E-state index contributed by atoms with van der Waals surface area (Å²) in [7, 11) is 1.81. The summed E-state index contributed by atoms with van der Waals surface area (Å²) in [6.07, 6.45) is -0.248. The maximum atomic E-state index is 16.0. The molecule has 2 atom stereocenters. The van der Waals surface area contributed by atoms with Crippen molar-refractivity contribution in [1.82, 2.24) is 19.8 Å². The van der Waals surface area contributed by atoms with Gasteiger partial charge in [0.15, 0.2) is 10.9 Å². The molecular weight excluding hydrogens is 612 g/mol. The Bertz CT molecular complexity index is 1870. The number of thiazole rings is 1. The van der Waals surface area contributed by atoms with E-state index in [0.717, 1.165) is 5.56 Å². The van der Waals surface area contributed by atoms with Crippen molar-refractivity contribution in [3.8, 4) is 17.3 Å². The van der Waals surface area contributed by atoms with Crippen molar-refractivity contribution >= 4 is 44.7 Å². The summed E-state index contributed by atoms with van der Waals surface area (Å²) in [6, 6.07) is 11.5. The van der Waals surface area contributed by atoms with Crippen LogP contribution in [0.2, 0.25) is 0 Å². The lowest BCUT2D eigenvalue weighted by Crippen LogP contribution is -2.59. The fourth-order valence-electron chi connectivity index (χ4n) is 6.68. The second-order valence-electron chi connectivity index (χ2n) is 12.3. The Morgan fingerprint density at radius 2 is 1.89 bits per heavy atom. The van der Waals surface area contributed by atoms with Crippen LogP contribution in [0.1, 0.15) is 35.6 Å². The Labute approximate surface area is 268 Å². The van der Waals surface area contributed by atoms with Crippen LogP contribution in [0.4, 0.5) is 25.3 Å². The summed E-state index contributed by atoms with van der Waals surface area (Å²) in [5.41, 5.74) is 3.81. The monoisotopic (exact) mass is 645 g/mol. The van der Waals surface area contributed by atoms with Crippen LogP contribution >= 0.6 is 11.3 Å². The van der Waals surface area contributed by atoms with Crippen molar-refractivity contribution in [1.29, 1.82) is 5.26 Å². The second-order valence-corrected chi connectivity index (χ2v) is 13.2. The van der Waals surface area contributed by atoms with Gasteiger partial charge in [0.2, 0.25) is 5.91 Å². The minimum atomic E-state index is -0.817. The first-order valence-corrected chi connectivity index (χ1v) is 16.1.